The molecule has 0 aliphatic carbocycles. The molecule has 6 nitrogen and oxygen atoms in total. The maximum Gasteiger partial charge on any atom is 0.317 e. The number of methoxy groups -OCH3 is 2. The van der Waals surface area contributed by atoms with E-state index >= 15 is 0 Å². The van der Waals surface area contributed by atoms with E-state index in [2.05, 4.69) is 34.3 Å². The highest BCUT2D eigenvalue weighted by atomic mass is 16.5. The summed E-state index contributed by atoms with van der Waals surface area (Å²) in [6.07, 6.45) is 3.06. The van der Waals surface area contributed by atoms with Crippen LogP contribution in [0, 0.1) is 0 Å². The summed E-state index contributed by atoms with van der Waals surface area (Å²) >= 11 is 0. The summed E-state index contributed by atoms with van der Waals surface area (Å²) in [6, 6.07) is 14.1. The van der Waals surface area contributed by atoms with Crippen molar-refractivity contribution in [1.82, 2.24) is 14.8 Å². The second-order valence-electron chi connectivity index (χ2n) is 7.33. The van der Waals surface area contributed by atoms with Crippen LogP contribution >= 0.6 is 0 Å². The SMILES string of the molecule is COCCn1cc2c3c(cccc31)CN(C(=O)NCc1cccc(OC)c1)CC2. The highest BCUT2D eigenvalue weighted by Gasteiger charge is 2.22. The molecule has 1 aliphatic heterocycles. The molecule has 0 spiro atoms. The summed E-state index contributed by atoms with van der Waals surface area (Å²) < 4.78 is 12.8. The predicted octanol–water partition coefficient (Wildman–Crippen LogP) is 3.56. The highest BCUT2D eigenvalue weighted by Crippen LogP contribution is 2.29. The van der Waals surface area contributed by atoms with E-state index in [0.29, 0.717) is 26.2 Å². The van der Waals surface area contributed by atoms with E-state index in [1.807, 2.05) is 29.2 Å². The van der Waals surface area contributed by atoms with Crippen LogP contribution in [0.4, 0.5) is 4.79 Å². The number of carbonyl (C=O) groups is 1. The van der Waals surface area contributed by atoms with Gasteiger partial charge in [-0.15, -0.1) is 0 Å². The van der Waals surface area contributed by atoms with Crippen LogP contribution in [0.5, 0.6) is 5.75 Å². The fraction of sp³-hybridized carbons (Fsp3) is 0.348. The van der Waals surface area contributed by atoms with Crippen LogP contribution in [-0.2, 0) is 30.8 Å². The third kappa shape index (κ3) is 4.07. The molecule has 1 aromatic heterocycles. The van der Waals surface area contributed by atoms with Gasteiger partial charge < -0.3 is 24.3 Å². The van der Waals surface area contributed by atoms with E-state index in [0.717, 1.165) is 24.3 Å². The molecule has 29 heavy (non-hydrogen) atoms. The van der Waals surface area contributed by atoms with E-state index in [1.165, 1.54) is 22.0 Å². The lowest BCUT2D eigenvalue weighted by Gasteiger charge is -2.22. The summed E-state index contributed by atoms with van der Waals surface area (Å²) in [5.74, 6) is 0.794. The Kier molecular flexibility index (Phi) is 5.71. The zero-order valence-corrected chi connectivity index (χ0v) is 17.0. The number of rotatable bonds is 6. The van der Waals surface area contributed by atoms with Gasteiger partial charge >= 0.3 is 6.03 Å². The van der Waals surface area contributed by atoms with E-state index < -0.39 is 0 Å². The molecule has 2 heterocycles. The summed E-state index contributed by atoms with van der Waals surface area (Å²) in [6.45, 7) is 3.31. The number of nitrogens with one attached hydrogen (secondary N) is 1. The molecular weight excluding hydrogens is 366 g/mol. The Balaban J connectivity index is 1.48. The quantitative estimate of drug-likeness (QED) is 0.697. The van der Waals surface area contributed by atoms with Gasteiger partial charge in [0.2, 0.25) is 0 Å². The topological polar surface area (TPSA) is 55.7 Å². The fourth-order valence-corrected chi connectivity index (χ4v) is 4.00. The first-order valence-corrected chi connectivity index (χ1v) is 9.94. The van der Waals surface area contributed by atoms with Gasteiger partial charge in [-0.2, -0.15) is 0 Å². The molecule has 0 fully saturated rings. The smallest absolute Gasteiger partial charge is 0.317 e. The van der Waals surface area contributed by atoms with Gasteiger partial charge in [0.25, 0.3) is 0 Å². The van der Waals surface area contributed by atoms with Crippen LogP contribution in [0.1, 0.15) is 16.7 Å². The Labute approximate surface area is 171 Å². The molecule has 4 rings (SSSR count). The van der Waals surface area contributed by atoms with Gasteiger partial charge in [0.15, 0.2) is 0 Å². The largest absolute Gasteiger partial charge is 0.497 e. The van der Waals surface area contributed by atoms with Crippen LogP contribution in [-0.4, -0.2) is 42.9 Å². The molecule has 0 radical (unpaired) electrons. The van der Waals surface area contributed by atoms with Crippen LogP contribution < -0.4 is 10.1 Å². The summed E-state index contributed by atoms with van der Waals surface area (Å²) in [4.78, 5) is 14.7. The van der Waals surface area contributed by atoms with Crippen molar-refractivity contribution in [1.29, 1.82) is 0 Å². The van der Waals surface area contributed by atoms with Crippen molar-refractivity contribution in [2.45, 2.75) is 26.1 Å². The third-order valence-electron chi connectivity index (χ3n) is 5.48. The maximum absolute atomic E-state index is 12.8. The lowest BCUT2D eigenvalue weighted by molar-refractivity contribution is 0.188. The van der Waals surface area contributed by atoms with Crippen molar-refractivity contribution in [3.8, 4) is 5.75 Å². The van der Waals surface area contributed by atoms with Crippen LogP contribution in [0.2, 0.25) is 0 Å². The molecule has 0 unspecified atom stereocenters. The number of nitrogens with zero attached hydrogens (tertiary/aromatic N) is 2. The normalized spacial score (nSPS) is 13.4. The molecule has 2 amide bonds. The van der Waals surface area contributed by atoms with E-state index in [1.54, 1.807) is 14.2 Å². The second kappa shape index (κ2) is 8.57. The third-order valence-corrected chi connectivity index (χ3v) is 5.48. The Bertz CT molecular complexity index is 1010. The zero-order valence-electron chi connectivity index (χ0n) is 17.0. The minimum absolute atomic E-state index is 0.0396. The molecular formula is C23H27N3O3. The first-order valence-electron chi connectivity index (χ1n) is 9.94. The van der Waals surface area contributed by atoms with Gasteiger partial charge in [0.05, 0.1) is 13.7 Å². The molecule has 2 aromatic carbocycles. The number of hydrogen-bond acceptors (Lipinski definition) is 3. The van der Waals surface area contributed by atoms with Crippen molar-refractivity contribution >= 4 is 16.9 Å². The van der Waals surface area contributed by atoms with E-state index in [4.69, 9.17) is 9.47 Å². The van der Waals surface area contributed by atoms with Crippen molar-refractivity contribution in [3.05, 3.63) is 65.4 Å². The molecule has 0 atom stereocenters. The lowest BCUT2D eigenvalue weighted by atomic mass is 10.1. The highest BCUT2D eigenvalue weighted by molar-refractivity contribution is 5.88. The van der Waals surface area contributed by atoms with Crippen LogP contribution in [0.25, 0.3) is 10.9 Å². The van der Waals surface area contributed by atoms with Gasteiger partial charge in [-0.3, -0.25) is 0 Å². The van der Waals surface area contributed by atoms with Gasteiger partial charge in [0, 0.05) is 50.4 Å². The first-order chi connectivity index (χ1) is 14.2. The summed E-state index contributed by atoms with van der Waals surface area (Å²) in [5, 5.41) is 4.33. The number of ether oxygens (including phenoxy) is 2. The molecule has 3 aromatic rings. The lowest BCUT2D eigenvalue weighted by Crippen LogP contribution is -2.39. The summed E-state index contributed by atoms with van der Waals surface area (Å²) in [5.41, 5.74) is 4.73. The number of amides is 2. The fourth-order valence-electron chi connectivity index (χ4n) is 4.00. The molecule has 0 saturated carbocycles. The minimum atomic E-state index is -0.0396. The molecule has 1 aliphatic rings. The number of aromatic nitrogens is 1. The van der Waals surface area contributed by atoms with Gasteiger partial charge in [-0.05, 0) is 41.3 Å². The average molecular weight is 393 g/mol. The zero-order chi connectivity index (χ0) is 20.2. The second-order valence-corrected chi connectivity index (χ2v) is 7.33. The van der Waals surface area contributed by atoms with Crippen molar-refractivity contribution < 1.29 is 14.3 Å². The molecule has 6 heteroatoms. The number of hydrogen-bond donors (Lipinski definition) is 1. The minimum Gasteiger partial charge on any atom is -0.497 e. The van der Waals surface area contributed by atoms with E-state index in [9.17, 15) is 4.79 Å². The van der Waals surface area contributed by atoms with E-state index in [-0.39, 0.29) is 6.03 Å². The number of urea groups is 1. The number of carbonyl (C=O) groups excluding carboxylic acids is 1. The Morgan fingerprint density at radius 3 is 2.83 bits per heavy atom. The standard InChI is InChI=1S/C23H27N3O3/c1-28-12-11-25-15-19-9-10-26(16-18-6-4-8-21(25)22(18)19)23(27)24-14-17-5-3-7-20(13-17)29-2/h3-8,13,15H,9-12,14,16H2,1-2H3,(H,24,27). The van der Waals surface area contributed by atoms with Gasteiger partial charge in [0.1, 0.15) is 5.75 Å². The van der Waals surface area contributed by atoms with Crippen molar-refractivity contribution in [2.75, 3.05) is 27.4 Å². The van der Waals surface area contributed by atoms with Gasteiger partial charge in [-0.1, -0.05) is 24.3 Å². The molecule has 0 saturated heterocycles. The monoisotopic (exact) mass is 393 g/mol. The number of benzene rings is 2. The summed E-state index contributed by atoms with van der Waals surface area (Å²) in [7, 11) is 3.37. The molecule has 1 N–H and O–H groups in total. The first kappa shape index (κ1) is 19.3. The maximum atomic E-state index is 12.8. The van der Waals surface area contributed by atoms with Crippen LogP contribution in [0.3, 0.4) is 0 Å². The van der Waals surface area contributed by atoms with Crippen molar-refractivity contribution in [2.24, 2.45) is 0 Å². The van der Waals surface area contributed by atoms with Crippen molar-refractivity contribution in [3.63, 3.8) is 0 Å². The molecule has 0 bridgehead atoms. The molecule has 152 valence electrons. The van der Waals surface area contributed by atoms with Gasteiger partial charge in [-0.25, -0.2) is 4.79 Å². The Hall–Kier alpha value is -2.99. The Morgan fingerprint density at radius 1 is 1.14 bits per heavy atom. The Morgan fingerprint density at radius 2 is 2.00 bits per heavy atom. The van der Waals surface area contributed by atoms with Crippen LogP contribution in [0.15, 0.2) is 48.7 Å². The predicted molar refractivity (Wildman–Crippen MR) is 113 cm³/mol. The average Bonchev–Trinajstić information content (AvgIpc) is 3.00.